The third-order valence-corrected chi connectivity index (χ3v) is 3.15. The van der Waals surface area contributed by atoms with Crippen LogP contribution in [0.3, 0.4) is 0 Å². The fourth-order valence-corrected chi connectivity index (χ4v) is 1.95. The summed E-state index contributed by atoms with van der Waals surface area (Å²) in [6.07, 6.45) is 24.9. The van der Waals surface area contributed by atoms with Crippen molar-refractivity contribution >= 4 is 0 Å². The van der Waals surface area contributed by atoms with Gasteiger partial charge in [0.1, 0.15) is 0 Å². The Morgan fingerprint density at radius 1 is 0.611 bits per heavy atom. The predicted octanol–water partition coefficient (Wildman–Crippen LogP) is 6.63. The van der Waals surface area contributed by atoms with E-state index < -0.39 is 0 Å². The van der Waals surface area contributed by atoms with Crippen LogP contribution in [0.2, 0.25) is 0 Å². The van der Waals surface area contributed by atoms with Crippen molar-refractivity contribution in [3.05, 3.63) is 31.2 Å². The summed E-state index contributed by atoms with van der Waals surface area (Å²) in [7, 11) is 0. The minimum Gasteiger partial charge on any atom is -0.0885 e. The van der Waals surface area contributed by atoms with Crippen molar-refractivity contribution < 1.29 is 0 Å². The van der Waals surface area contributed by atoms with Crippen molar-refractivity contribution in [2.45, 2.75) is 84.0 Å². The quantitative estimate of drug-likeness (QED) is 0.254. The molecule has 1 radical (unpaired) electrons. The minimum atomic E-state index is 1.07. The molecule has 0 heteroatoms. The molecule has 0 aromatic carbocycles. The molecule has 105 valence electrons. The molecule has 0 aromatic heterocycles. The maximum atomic E-state index is 3.85. The molecule has 0 N–H and O–H groups in total. The van der Waals surface area contributed by atoms with Crippen LogP contribution >= 0.6 is 0 Å². The lowest BCUT2D eigenvalue weighted by molar-refractivity contribution is 0.621. The van der Waals surface area contributed by atoms with Gasteiger partial charge in [0, 0.05) is 0 Å². The molecular formula is C18H33. The molecule has 0 aliphatic rings. The van der Waals surface area contributed by atoms with Crippen molar-refractivity contribution in [1.82, 2.24) is 0 Å². The van der Waals surface area contributed by atoms with Crippen LogP contribution in [-0.4, -0.2) is 0 Å². The van der Waals surface area contributed by atoms with Crippen LogP contribution in [0.4, 0.5) is 0 Å². The van der Waals surface area contributed by atoms with E-state index in [-0.39, 0.29) is 0 Å². The highest BCUT2D eigenvalue weighted by molar-refractivity contribution is 4.82. The van der Waals surface area contributed by atoms with Crippen LogP contribution in [0.15, 0.2) is 24.3 Å². The third-order valence-electron chi connectivity index (χ3n) is 3.15. The maximum absolute atomic E-state index is 3.85. The summed E-state index contributed by atoms with van der Waals surface area (Å²) in [4.78, 5) is 0. The van der Waals surface area contributed by atoms with Gasteiger partial charge in [-0.1, -0.05) is 70.3 Å². The van der Waals surface area contributed by atoms with Crippen molar-refractivity contribution in [1.29, 1.82) is 0 Å². The number of hydrogen-bond donors (Lipinski definition) is 0. The Labute approximate surface area is 116 Å². The van der Waals surface area contributed by atoms with E-state index in [1.54, 1.807) is 0 Å². The average Bonchev–Trinajstić information content (AvgIpc) is 2.39. The molecule has 0 atom stereocenters. The van der Waals surface area contributed by atoms with E-state index in [4.69, 9.17) is 0 Å². The molecule has 0 spiro atoms. The highest BCUT2D eigenvalue weighted by atomic mass is 13.9. The van der Waals surface area contributed by atoms with Gasteiger partial charge in [-0.05, 0) is 44.9 Å². The van der Waals surface area contributed by atoms with Gasteiger partial charge < -0.3 is 0 Å². The molecule has 0 bridgehead atoms. The smallest absolute Gasteiger partial charge is 0.0351 e. The summed E-state index contributed by atoms with van der Waals surface area (Å²) in [6, 6.07) is 0. The molecule has 0 saturated carbocycles. The summed E-state index contributed by atoms with van der Waals surface area (Å²) in [5.41, 5.74) is 0. The summed E-state index contributed by atoms with van der Waals surface area (Å²) >= 11 is 0. The Balaban J connectivity index is 3.05. The van der Waals surface area contributed by atoms with E-state index in [1.165, 1.54) is 70.6 Å². The number of hydrogen-bond acceptors (Lipinski definition) is 0. The second-order valence-corrected chi connectivity index (χ2v) is 5.07. The summed E-state index contributed by atoms with van der Waals surface area (Å²) in [6.45, 7) is 6.08. The SMILES string of the molecule is [CH2]CCCC=CCCCCCCCC=CCCC. The second-order valence-electron chi connectivity index (χ2n) is 5.07. The van der Waals surface area contributed by atoms with E-state index in [0.717, 1.165) is 6.42 Å². The van der Waals surface area contributed by atoms with E-state index >= 15 is 0 Å². The molecule has 0 nitrogen and oxygen atoms in total. The van der Waals surface area contributed by atoms with Gasteiger partial charge in [-0.3, -0.25) is 0 Å². The van der Waals surface area contributed by atoms with Gasteiger partial charge in [0.2, 0.25) is 0 Å². The van der Waals surface area contributed by atoms with Crippen LogP contribution in [0.1, 0.15) is 84.0 Å². The normalized spacial score (nSPS) is 11.9. The fourth-order valence-electron chi connectivity index (χ4n) is 1.95. The monoisotopic (exact) mass is 249 g/mol. The van der Waals surface area contributed by atoms with Crippen molar-refractivity contribution in [2.75, 3.05) is 0 Å². The summed E-state index contributed by atoms with van der Waals surface area (Å²) in [5.74, 6) is 0. The highest BCUT2D eigenvalue weighted by Crippen LogP contribution is 2.08. The minimum absolute atomic E-state index is 1.07. The fraction of sp³-hybridized carbons (Fsp3) is 0.722. The van der Waals surface area contributed by atoms with E-state index in [2.05, 4.69) is 38.2 Å². The first kappa shape index (κ1) is 17.5. The van der Waals surface area contributed by atoms with E-state index in [0.29, 0.717) is 0 Å². The maximum Gasteiger partial charge on any atom is -0.0351 e. The van der Waals surface area contributed by atoms with E-state index in [9.17, 15) is 0 Å². The molecular weight excluding hydrogens is 216 g/mol. The summed E-state index contributed by atoms with van der Waals surface area (Å²) < 4.78 is 0. The molecule has 18 heavy (non-hydrogen) atoms. The van der Waals surface area contributed by atoms with Crippen molar-refractivity contribution in [3.8, 4) is 0 Å². The van der Waals surface area contributed by atoms with Crippen LogP contribution in [0, 0.1) is 6.92 Å². The van der Waals surface area contributed by atoms with Crippen LogP contribution in [0.25, 0.3) is 0 Å². The van der Waals surface area contributed by atoms with Gasteiger partial charge in [0.05, 0.1) is 0 Å². The predicted molar refractivity (Wildman–Crippen MR) is 84.7 cm³/mol. The lowest BCUT2D eigenvalue weighted by Crippen LogP contribution is -1.78. The first-order valence-corrected chi connectivity index (χ1v) is 8.01. The van der Waals surface area contributed by atoms with Gasteiger partial charge in [-0.25, -0.2) is 0 Å². The number of rotatable bonds is 13. The first-order chi connectivity index (χ1) is 8.91. The third kappa shape index (κ3) is 15.5. The molecule has 0 fully saturated rings. The largest absolute Gasteiger partial charge is 0.0885 e. The summed E-state index contributed by atoms with van der Waals surface area (Å²) in [5, 5.41) is 0. The lowest BCUT2D eigenvalue weighted by atomic mass is 10.1. The Morgan fingerprint density at radius 2 is 1.06 bits per heavy atom. The van der Waals surface area contributed by atoms with Gasteiger partial charge in [-0.15, -0.1) is 0 Å². The molecule has 0 saturated heterocycles. The zero-order valence-corrected chi connectivity index (χ0v) is 12.5. The number of unbranched alkanes of at least 4 members (excludes halogenated alkanes) is 9. The molecule has 0 aliphatic heterocycles. The van der Waals surface area contributed by atoms with Crippen LogP contribution < -0.4 is 0 Å². The Hall–Kier alpha value is -0.520. The Bertz CT molecular complexity index is 188. The molecule has 0 unspecified atom stereocenters. The van der Waals surface area contributed by atoms with Crippen molar-refractivity contribution in [3.63, 3.8) is 0 Å². The lowest BCUT2D eigenvalue weighted by Gasteiger charge is -1.98. The first-order valence-electron chi connectivity index (χ1n) is 8.01. The number of allylic oxidation sites excluding steroid dienone is 4. The second kappa shape index (κ2) is 16.5. The van der Waals surface area contributed by atoms with Crippen molar-refractivity contribution in [2.24, 2.45) is 0 Å². The molecule has 0 aliphatic carbocycles. The average molecular weight is 249 g/mol. The highest BCUT2D eigenvalue weighted by Gasteiger charge is 1.89. The standard InChI is InChI=1S/C18H33/c1-3-5-7-9-11-13-15-17-18-16-14-12-10-8-6-4-2/h8-11H,1,3-7,12-18H2,2H3. The Kier molecular flexibility index (Phi) is 16.0. The van der Waals surface area contributed by atoms with Gasteiger partial charge in [0.25, 0.3) is 0 Å². The van der Waals surface area contributed by atoms with Gasteiger partial charge in [0.15, 0.2) is 0 Å². The molecule has 0 rings (SSSR count). The topological polar surface area (TPSA) is 0 Å². The molecule has 0 heterocycles. The molecule has 0 aromatic rings. The zero-order chi connectivity index (χ0) is 13.3. The Morgan fingerprint density at radius 3 is 1.56 bits per heavy atom. The van der Waals surface area contributed by atoms with Gasteiger partial charge in [-0.2, -0.15) is 0 Å². The molecule has 0 amide bonds. The zero-order valence-electron chi connectivity index (χ0n) is 12.5. The van der Waals surface area contributed by atoms with E-state index in [1.807, 2.05) is 0 Å². The van der Waals surface area contributed by atoms with Gasteiger partial charge >= 0.3 is 0 Å². The van der Waals surface area contributed by atoms with Crippen LogP contribution in [0.5, 0.6) is 0 Å². The van der Waals surface area contributed by atoms with Crippen LogP contribution in [-0.2, 0) is 0 Å².